The van der Waals surface area contributed by atoms with Crippen LogP contribution in [0.15, 0.2) is 48.5 Å². The first-order valence-corrected chi connectivity index (χ1v) is 7.14. The van der Waals surface area contributed by atoms with Gasteiger partial charge < -0.3 is 9.64 Å². The molecule has 0 spiro atoms. The summed E-state index contributed by atoms with van der Waals surface area (Å²) in [6, 6.07) is 15.4. The lowest BCUT2D eigenvalue weighted by Gasteiger charge is -2.18. The highest BCUT2D eigenvalue weighted by molar-refractivity contribution is 5.94. The summed E-state index contributed by atoms with van der Waals surface area (Å²) in [4.78, 5) is 14.1. The molecule has 110 valence electrons. The summed E-state index contributed by atoms with van der Waals surface area (Å²) in [5.74, 6) is 0.803. The smallest absolute Gasteiger partial charge is 0.253 e. The number of nitrogens with zero attached hydrogens (tertiary/aromatic N) is 1. The summed E-state index contributed by atoms with van der Waals surface area (Å²) in [7, 11) is 1.82. The average Bonchev–Trinajstić information content (AvgIpc) is 2.50. The molecule has 0 aromatic heterocycles. The molecule has 0 aliphatic carbocycles. The molecular formula is C18H21NO2. The molecule has 21 heavy (non-hydrogen) atoms. The summed E-state index contributed by atoms with van der Waals surface area (Å²) >= 11 is 0. The minimum absolute atomic E-state index is 0.0151. The summed E-state index contributed by atoms with van der Waals surface area (Å²) in [5, 5.41) is 0. The number of rotatable bonds is 5. The fourth-order valence-corrected chi connectivity index (χ4v) is 2.20. The van der Waals surface area contributed by atoms with E-state index in [0.717, 1.165) is 5.75 Å². The topological polar surface area (TPSA) is 29.5 Å². The molecule has 3 heteroatoms. The quantitative estimate of drug-likeness (QED) is 0.838. The Balaban J connectivity index is 2.07. The highest BCUT2D eigenvalue weighted by Crippen LogP contribution is 2.15. The Hall–Kier alpha value is -2.29. The molecule has 0 atom stereocenters. The minimum Gasteiger partial charge on any atom is -0.494 e. The van der Waals surface area contributed by atoms with Crippen molar-refractivity contribution in [2.75, 3.05) is 13.7 Å². The molecule has 0 bridgehead atoms. The van der Waals surface area contributed by atoms with E-state index in [2.05, 4.69) is 19.1 Å². The number of benzene rings is 2. The number of hydrogen-bond donors (Lipinski definition) is 0. The molecule has 0 unspecified atom stereocenters. The number of hydrogen-bond acceptors (Lipinski definition) is 2. The molecule has 1 amide bonds. The van der Waals surface area contributed by atoms with Crippen LogP contribution in [0.3, 0.4) is 0 Å². The molecule has 0 saturated carbocycles. The lowest BCUT2D eigenvalue weighted by molar-refractivity contribution is 0.0785. The van der Waals surface area contributed by atoms with Crippen LogP contribution in [0.25, 0.3) is 0 Å². The molecule has 0 N–H and O–H groups in total. The Labute approximate surface area is 126 Å². The number of ether oxygens (including phenoxy) is 1. The lowest BCUT2D eigenvalue weighted by atomic mass is 10.1. The largest absolute Gasteiger partial charge is 0.494 e. The van der Waals surface area contributed by atoms with Crippen LogP contribution in [0.2, 0.25) is 0 Å². The van der Waals surface area contributed by atoms with Gasteiger partial charge >= 0.3 is 0 Å². The number of aryl methyl sites for hydroxylation is 1. The van der Waals surface area contributed by atoms with Gasteiger partial charge in [-0.15, -0.1) is 0 Å². The van der Waals surface area contributed by atoms with Gasteiger partial charge in [0.25, 0.3) is 5.91 Å². The Kier molecular flexibility index (Phi) is 4.99. The highest BCUT2D eigenvalue weighted by atomic mass is 16.5. The summed E-state index contributed by atoms with van der Waals surface area (Å²) in [5.41, 5.74) is 3.04. The van der Waals surface area contributed by atoms with Crippen LogP contribution in [0.4, 0.5) is 0 Å². The van der Waals surface area contributed by atoms with Gasteiger partial charge in [-0.05, 0) is 49.2 Å². The van der Waals surface area contributed by atoms with Gasteiger partial charge in [0.05, 0.1) is 6.61 Å². The fraction of sp³-hybridized carbons (Fsp3) is 0.278. The van der Waals surface area contributed by atoms with Crippen molar-refractivity contribution in [2.24, 2.45) is 0 Å². The van der Waals surface area contributed by atoms with Crippen molar-refractivity contribution in [3.05, 3.63) is 65.2 Å². The normalized spacial score (nSPS) is 10.2. The second-order valence-electron chi connectivity index (χ2n) is 5.05. The van der Waals surface area contributed by atoms with Gasteiger partial charge in [0.2, 0.25) is 0 Å². The van der Waals surface area contributed by atoms with E-state index in [1.165, 1.54) is 11.1 Å². The van der Waals surface area contributed by atoms with E-state index in [-0.39, 0.29) is 5.91 Å². The fourth-order valence-electron chi connectivity index (χ4n) is 2.20. The maximum absolute atomic E-state index is 12.4. The SMILES string of the molecule is CCOc1ccc(C(=O)N(C)Cc2ccccc2C)cc1. The zero-order chi connectivity index (χ0) is 15.2. The summed E-state index contributed by atoms with van der Waals surface area (Å²) in [6.45, 7) is 5.23. The lowest BCUT2D eigenvalue weighted by Crippen LogP contribution is -2.26. The van der Waals surface area contributed by atoms with Gasteiger partial charge in [0.15, 0.2) is 0 Å². The first-order valence-electron chi connectivity index (χ1n) is 7.14. The van der Waals surface area contributed by atoms with E-state index < -0.39 is 0 Å². The Morgan fingerprint density at radius 3 is 2.38 bits per heavy atom. The number of carbonyl (C=O) groups excluding carboxylic acids is 1. The first kappa shape index (κ1) is 15.1. The monoisotopic (exact) mass is 283 g/mol. The van der Waals surface area contributed by atoms with Crippen LogP contribution in [0.1, 0.15) is 28.4 Å². The number of carbonyl (C=O) groups is 1. The van der Waals surface area contributed by atoms with Gasteiger partial charge in [-0.25, -0.2) is 0 Å². The van der Waals surface area contributed by atoms with Crippen LogP contribution in [-0.2, 0) is 6.54 Å². The zero-order valence-corrected chi connectivity index (χ0v) is 12.8. The highest BCUT2D eigenvalue weighted by Gasteiger charge is 2.12. The van der Waals surface area contributed by atoms with Crippen molar-refractivity contribution < 1.29 is 9.53 Å². The maximum Gasteiger partial charge on any atom is 0.253 e. The van der Waals surface area contributed by atoms with E-state index in [9.17, 15) is 4.79 Å². The molecule has 3 nitrogen and oxygen atoms in total. The predicted octanol–water partition coefficient (Wildman–Crippen LogP) is 3.67. The third-order valence-corrected chi connectivity index (χ3v) is 3.43. The first-order chi connectivity index (χ1) is 10.1. The molecule has 0 fully saturated rings. The van der Waals surface area contributed by atoms with Crippen LogP contribution in [0.5, 0.6) is 5.75 Å². The molecule has 2 rings (SSSR count). The second kappa shape index (κ2) is 6.93. The zero-order valence-electron chi connectivity index (χ0n) is 12.8. The predicted molar refractivity (Wildman–Crippen MR) is 84.6 cm³/mol. The second-order valence-corrected chi connectivity index (χ2v) is 5.05. The molecular weight excluding hydrogens is 262 g/mol. The van der Waals surface area contributed by atoms with Crippen molar-refractivity contribution in [3.8, 4) is 5.75 Å². The molecule has 0 saturated heterocycles. The van der Waals surface area contributed by atoms with E-state index >= 15 is 0 Å². The van der Waals surface area contributed by atoms with Crippen LogP contribution < -0.4 is 4.74 Å². The van der Waals surface area contributed by atoms with Crippen molar-refractivity contribution in [3.63, 3.8) is 0 Å². The minimum atomic E-state index is 0.0151. The van der Waals surface area contributed by atoms with E-state index in [1.54, 1.807) is 4.90 Å². The Morgan fingerprint density at radius 1 is 1.10 bits per heavy atom. The maximum atomic E-state index is 12.4. The molecule has 0 aliphatic heterocycles. The average molecular weight is 283 g/mol. The third kappa shape index (κ3) is 3.85. The molecule has 0 heterocycles. The molecule has 0 aliphatic rings. The van der Waals surface area contributed by atoms with Gasteiger partial charge in [0.1, 0.15) is 5.75 Å². The van der Waals surface area contributed by atoms with Gasteiger partial charge in [-0.1, -0.05) is 24.3 Å². The molecule has 0 radical (unpaired) electrons. The van der Waals surface area contributed by atoms with E-state index in [0.29, 0.717) is 18.7 Å². The van der Waals surface area contributed by atoms with Crippen LogP contribution in [-0.4, -0.2) is 24.5 Å². The van der Waals surface area contributed by atoms with Crippen molar-refractivity contribution in [1.29, 1.82) is 0 Å². The van der Waals surface area contributed by atoms with Crippen LogP contribution >= 0.6 is 0 Å². The summed E-state index contributed by atoms with van der Waals surface area (Å²) < 4.78 is 5.39. The molecule has 2 aromatic rings. The van der Waals surface area contributed by atoms with Gasteiger partial charge in [-0.3, -0.25) is 4.79 Å². The van der Waals surface area contributed by atoms with Crippen molar-refractivity contribution in [1.82, 2.24) is 4.90 Å². The van der Waals surface area contributed by atoms with E-state index in [1.807, 2.05) is 50.4 Å². The van der Waals surface area contributed by atoms with Gasteiger partial charge in [0, 0.05) is 19.2 Å². The third-order valence-electron chi connectivity index (χ3n) is 3.43. The standard InChI is InChI=1S/C18H21NO2/c1-4-21-17-11-9-15(10-12-17)18(20)19(3)13-16-8-6-5-7-14(16)2/h5-12H,4,13H2,1-3H3. The molecule has 2 aromatic carbocycles. The van der Waals surface area contributed by atoms with Gasteiger partial charge in [-0.2, -0.15) is 0 Å². The Morgan fingerprint density at radius 2 is 1.76 bits per heavy atom. The van der Waals surface area contributed by atoms with Crippen molar-refractivity contribution >= 4 is 5.91 Å². The Bertz CT molecular complexity index is 605. The number of amides is 1. The van der Waals surface area contributed by atoms with Crippen LogP contribution in [0, 0.1) is 6.92 Å². The summed E-state index contributed by atoms with van der Waals surface area (Å²) in [6.07, 6.45) is 0. The van der Waals surface area contributed by atoms with Crippen molar-refractivity contribution in [2.45, 2.75) is 20.4 Å². The van der Waals surface area contributed by atoms with E-state index in [4.69, 9.17) is 4.74 Å².